The molecule has 0 radical (unpaired) electrons. The van der Waals surface area contributed by atoms with Crippen LogP contribution >= 0.6 is 0 Å². The minimum Gasteiger partial charge on any atom is -0.497 e. The van der Waals surface area contributed by atoms with Gasteiger partial charge >= 0.3 is 16.1 Å². The van der Waals surface area contributed by atoms with Crippen molar-refractivity contribution < 1.29 is 26.9 Å². The van der Waals surface area contributed by atoms with Gasteiger partial charge in [0.2, 0.25) is 0 Å². The molecule has 0 aliphatic carbocycles. The van der Waals surface area contributed by atoms with E-state index in [-0.39, 0.29) is 16.2 Å². The standard InChI is InChI=1S/C20H16O6S/c1-24-15-11-13-17(14-12-15)27(22,23)26-19-10-6-5-9-18(19)20(21)25-16-7-3-2-4-8-16/h2-14H,1H3. The summed E-state index contributed by atoms with van der Waals surface area (Å²) in [5, 5.41) is 0. The molecule has 6 nitrogen and oxygen atoms in total. The van der Waals surface area contributed by atoms with Crippen LogP contribution in [0.2, 0.25) is 0 Å². The molecule has 0 atom stereocenters. The van der Waals surface area contributed by atoms with Gasteiger partial charge in [-0.15, -0.1) is 0 Å². The minimum atomic E-state index is -4.13. The number of carbonyl (C=O) groups is 1. The van der Waals surface area contributed by atoms with E-state index >= 15 is 0 Å². The molecule has 3 aromatic carbocycles. The van der Waals surface area contributed by atoms with Crippen molar-refractivity contribution in [2.75, 3.05) is 7.11 Å². The predicted octanol–water partition coefficient (Wildman–Crippen LogP) is 3.68. The van der Waals surface area contributed by atoms with E-state index in [1.807, 2.05) is 0 Å². The molecular formula is C20H16O6S. The van der Waals surface area contributed by atoms with Gasteiger partial charge in [0.05, 0.1) is 7.11 Å². The first-order valence-electron chi connectivity index (χ1n) is 7.94. The van der Waals surface area contributed by atoms with Crippen LogP contribution in [0.3, 0.4) is 0 Å². The van der Waals surface area contributed by atoms with Crippen LogP contribution in [0.15, 0.2) is 83.8 Å². The smallest absolute Gasteiger partial charge is 0.347 e. The second-order valence-corrected chi connectivity index (χ2v) is 6.96. The van der Waals surface area contributed by atoms with Gasteiger partial charge in [0.25, 0.3) is 0 Å². The van der Waals surface area contributed by atoms with Gasteiger partial charge in [0, 0.05) is 0 Å². The van der Waals surface area contributed by atoms with Crippen LogP contribution in [0.4, 0.5) is 0 Å². The summed E-state index contributed by atoms with van der Waals surface area (Å²) >= 11 is 0. The van der Waals surface area contributed by atoms with E-state index in [0.717, 1.165) is 0 Å². The third-order valence-corrected chi connectivity index (χ3v) is 4.86. The van der Waals surface area contributed by atoms with E-state index in [1.165, 1.54) is 43.5 Å². The van der Waals surface area contributed by atoms with Crippen molar-refractivity contribution in [2.45, 2.75) is 4.90 Å². The van der Waals surface area contributed by atoms with Gasteiger partial charge in [0.1, 0.15) is 22.0 Å². The lowest BCUT2D eigenvalue weighted by molar-refractivity contribution is 0.0733. The van der Waals surface area contributed by atoms with Gasteiger partial charge in [0.15, 0.2) is 5.75 Å². The number of hydrogen-bond donors (Lipinski definition) is 0. The fourth-order valence-electron chi connectivity index (χ4n) is 2.27. The van der Waals surface area contributed by atoms with Gasteiger partial charge in [-0.05, 0) is 48.5 Å². The number of para-hydroxylation sites is 2. The summed E-state index contributed by atoms with van der Waals surface area (Å²) in [5.74, 6) is 0.0204. The number of esters is 1. The molecule has 138 valence electrons. The number of benzene rings is 3. The van der Waals surface area contributed by atoms with Crippen LogP contribution in [0, 0.1) is 0 Å². The molecule has 3 rings (SSSR count). The van der Waals surface area contributed by atoms with Crippen molar-refractivity contribution in [3.63, 3.8) is 0 Å². The van der Waals surface area contributed by atoms with Crippen molar-refractivity contribution in [1.29, 1.82) is 0 Å². The molecule has 0 amide bonds. The molecule has 0 aliphatic rings. The van der Waals surface area contributed by atoms with Gasteiger partial charge in [-0.1, -0.05) is 30.3 Å². The topological polar surface area (TPSA) is 78.9 Å². The molecule has 0 aromatic heterocycles. The lowest BCUT2D eigenvalue weighted by Crippen LogP contribution is -2.15. The zero-order chi connectivity index (χ0) is 19.3. The Kier molecular flexibility index (Phi) is 5.42. The predicted molar refractivity (Wildman–Crippen MR) is 98.7 cm³/mol. The molecule has 0 saturated heterocycles. The molecule has 27 heavy (non-hydrogen) atoms. The van der Waals surface area contributed by atoms with Crippen LogP contribution in [0.5, 0.6) is 17.2 Å². The van der Waals surface area contributed by atoms with Crippen molar-refractivity contribution in [1.82, 2.24) is 0 Å². The van der Waals surface area contributed by atoms with Gasteiger partial charge < -0.3 is 13.7 Å². The Bertz CT molecular complexity index is 1030. The molecule has 0 unspecified atom stereocenters. The molecule has 0 bridgehead atoms. The zero-order valence-corrected chi connectivity index (χ0v) is 15.2. The summed E-state index contributed by atoms with van der Waals surface area (Å²) in [6, 6.07) is 20.2. The summed E-state index contributed by atoms with van der Waals surface area (Å²) in [4.78, 5) is 12.4. The average molecular weight is 384 g/mol. The van der Waals surface area contributed by atoms with Gasteiger partial charge in [-0.2, -0.15) is 8.42 Å². The maximum atomic E-state index is 12.5. The van der Waals surface area contributed by atoms with E-state index in [9.17, 15) is 13.2 Å². The SMILES string of the molecule is COc1ccc(S(=O)(=O)Oc2ccccc2C(=O)Oc2ccccc2)cc1. The Labute approximate surface area is 157 Å². The number of ether oxygens (including phenoxy) is 2. The highest BCUT2D eigenvalue weighted by atomic mass is 32.2. The Morgan fingerprint density at radius 1 is 0.778 bits per heavy atom. The minimum absolute atomic E-state index is 0.00144. The van der Waals surface area contributed by atoms with Gasteiger partial charge in [-0.3, -0.25) is 0 Å². The molecular weight excluding hydrogens is 368 g/mol. The summed E-state index contributed by atoms with van der Waals surface area (Å²) in [5.41, 5.74) is -0.00144. The number of methoxy groups -OCH3 is 1. The van der Waals surface area contributed by atoms with E-state index in [0.29, 0.717) is 11.5 Å². The fraction of sp³-hybridized carbons (Fsp3) is 0.0500. The van der Waals surface area contributed by atoms with Crippen LogP contribution in [-0.4, -0.2) is 21.5 Å². The molecule has 0 fully saturated rings. The highest BCUT2D eigenvalue weighted by molar-refractivity contribution is 7.87. The second-order valence-electron chi connectivity index (χ2n) is 5.41. The van der Waals surface area contributed by atoms with Crippen molar-refractivity contribution in [3.05, 3.63) is 84.4 Å². The molecule has 3 aromatic rings. The summed E-state index contributed by atoms with van der Waals surface area (Å²) in [7, 11) is -2.65. The Hall–Kier alpha value is -3.32. The Morgan fingerprint density at radius 2 is 1.41 bits per heavy atom. The van der Waals surface area contributed by atoms with Crippen LogP contribution in [0.1, 0.15) is 10.4 Å². The Balaban J connectivity index is 1.85. The first-order chi connectivity index (χ1) is 13.0. The Morgan fingerprint density at radius 3 is 2.07 bits per heavy atom. The largest absolute Gasteiger partial charge is 0.497 e. The van der Waals surface area contributed by atoms with E-state index in [4.69, 9.17) is 13.7 Å². The fourth-order valence-corrected chi connectivity index (χ4v) is 3.21. The van der Waals surface area contributed by atoms with Crippen molar-refractivity contribution in [3.8, 4) is 17.2 Å². The van der Waals surface area contributed by atoms with E-state index in [1.54, 1.807) is 42.5 Å². The summed E-state index contributed by atoms with van der Waals surface area (Å²) in [6.07, 6.45) is 0. The third kappa shape index (κ3) is 4.45. The third-order valence-electron chi connectivity index (χ3n) is 3.61. The van der Waals surface area contributed by atoms with E-state index < -0.39 is 16.1 Å². The first-order valence-corrected chi connectivity index (χ1v) is 9.35. The maximum Gasteiger partial charge on any atom is 0.347 e. The van der Waals surface area contributed by atoms with Crippen molar-refractivity contribution >= 4 is 16.1 Å². The van der Waals surface area contributed by atoms with Crippen LogP contribution in [0.25, 0.3) is 0 Å². The van der Waals surface area contributed by atoms with Gasteiger partial charge in [-0.25, -0.2) is 4.79 Å². The lowest BCUT2D eigenvalue weighted by Gasteiger charge is -2.11. The zero-order valence-electron chi connectivity index (χ0n) is 14.4. The highest BCUT2D eigenvalue weighted by Crippen LogP contribution is 2.25. The number of carbonyl (C=O) groups excluding carboxylic acids is 1. The maximum absolute atomic E-state index is 12.5. The first kappa shape index (κ1) is 18.5. The molecule has 0 N–H and O–H groups in total. The lowest BCUT2D eigenvalue weighted by atomic mass is 10.2. The monoisotopic (exact) mass is 384 g/mol. The van der Waals surface area contributed by atoms with E-state index in [2.05, 4.69) is 0 Å². The molecule has 0 spiro atoms. The number of hydrogen-bond acceptors (Lipinski definition) is 6. The summed E-state index contributed by atoms with van der Waals surface area (Å²) in [6.45, 7) is 0. The number of rotatable bonds is 6. The average Bonchev–Trinajstić information content (AvgIpc) is 2.69. The molecule has 0 aliphatic heterocycles. The normalized spacial score (nSPS) is 10.9. The second kappa shape index (κ2) is 7.92. The van der Waals surface area contributed by atoms with Crippen molar-refractivity contribution in [2.24, 2.45) is 0 Å². The molecule has 0 saturated carbocycles. The molecule has 7 heteroatoms. The molecule has 0 heterocycles. The quantitative estimate of drug-likeness (QED) is 0.366. The summed E-state index contributed by atoms with van der Waals surface area (Å²) < 4.78 is 40.5. The highest BCUT2D eigenvalue weighted by Gasteiger charge is 2.22. The van der Waals surface area contributed by atoms with Crippen LogP contribution < -0.4 is 13.7 Å². The van der Waals surface area contributed by atoms with Crippen LogP contribution in [-0.2, 0) is 10.1 Å².